The fourth-order valence-corrected chi connectivity index (χ4v) is 5.63. The lowest BCUT2D eigenvalue weighted by Crippen LogP contribution is -2.27. The summed E-state index contributed by atoms with van der Waals surface area (Å²) in [5.41, 5.74) is 9.81. The zero-order chi connectivity index (χ0) is 24.4. The summed E-state index contributed by atoms with van der Waals surface area (Å²) in [4.78, 5) is 2.47. The maximum atomic E-state index is 9.99. The van der Waals surface area contributed by atoms with Crippen molar-refractivity contribution in [3.8, 4) is 0 Å². The van der Waals surface area contributed by atoms with Gasteiger partial charge in [-0.1, -0.05) is 103 Å². The highest BCUT2D eigenvalue weighted by Gasteiger charge is 2.45. The topological polar surface area (TPSA) is 26.5 Å². The third-order valence-electron chi connectivity index (χ3n) is 7.05. The van der Waals surface area contributed by atoms with E-state index in [1.807, 2.05) is 12.1 Å². The van der Waals surface area contributed by atoms with Crippen LogP contribution in [0.3, 0.4) is 0 Å². The molecule has 1 aliphatic rings. The fraction of sp³-hybridized carbons (Fsp3) is 0.219. The summed E-state index contributed by atoms with van der Waals surface area (Å²) in [6, 6.07) is 34.6. The Morgan fingerprint density at radius 3 is 1.86 bits per heavy atom. The van der Waals surface area contributed by atoms with E-state index in [1.54, 1.807) is 0 Å². The van der Waals surface area contributed by atoms with E-state index in [4.69, 9.17) is 0 Å². The molecule has 1 N–H and O–H groups in total. The summed E-state index contributed by atoms with van der Waals surface area (Å²) >= 11 is 0. The Hall–Kier alpha value is -3.69. The summed E-state index contributed by atoms with van der Waals surface area (Å²) in [6.45, 7) is 7.36. The monoisotopic (exact) mass is 461 g/mol. The Balaban J connectivity index is 1.71. The van der Waals surface area contributed by atoms with Gasteiger partial charge < -0.3 is 5.11 Å². The van der Waals surface area contributed by atoms with Crippen LogP contribution in [-0.2, 0) is 13.2 Å². The van der Waals surface area contributed by atoms with E-state index in [-0.39, 0.29) is 18.7 Å². The van der Waals surface area contributed by atoms with E-state index in [0.717, 1.165) is 17.7 Å². The summed E-state index contributed by atoms with van der Waals surface area (Å²) < 4.78 is 2.44. The van der Waals surface area contributed by atoms with Crippen LogP contribution in [0, 0.1) is 20.8 Å². The van der Waals surface area contributed by atoms with E-state index in [0.29, 0.717) is 0 Å². The van der Waals surface area contributed by atoms with Gasteiger partial charge >= 0.3 is 0 Å². The molecule has 0 aliphatic carbocycles. The number of aliphatic hydroxyl groups is 1. The molecule has 35 heavy (non-hydrogen) atoms. The number of hydrogen-bond donors (Lipinski definition) is 1. The zero-order valence-corrected chi connectivity index (χ0v) is 20.7. The highest BCUT2D eigenvalue weighted by molar-refractivity contribution is 5.83. The molecule has 0 saturated carbocycles. The van der Waals surface area contributed by atoms with Crippen LogP contribution in [0.4, 0.5) is 5.69 Å². The lowest BCUT2D eigenvalue weighted by Gasteiger charge is -2.26. The maximum Gasteiger partial charge on any atom is 0.240 e. The van der Waals surface area contributed by atoms with E-state index in [9.17, 15) is 5.11 Å². The first-order valence-electron chi connectivity index (χ1n) is 12.3. The van der Waals surface area contributed by atoms with Gasteiger partial charge in [0.2, 0.25) is 6.34 Å². The maximum absolute atomic E-state index is 9.99. The Labute approximate surface area is 208 Å². The zero-order valence-electron chi connectivity index (χ0n) is 20.7. The Morgan fingerprint density at radius 1 is 0.714 bits per heavy atom. The van der Waals surface area contributed by atoms with Crippen LogP contribution in [0.5, 0.6) is 0 Å². The van der Waals surface area contributed by atoms with Crippen molar-refractivity contribution in [2.24, 2.45) is 0 Å². The molecule has 4 aromatic carbocycles. The van der Waals surface area contributed by atoms with Gasteiger partial charge in [0.1, 0.15) is 12.2 Å². The molecule has 0 saturated heterocycles. The number of benzene rings is 4. The van der Waals surface area contributed by atoms with Crippen molar-refractivity contribution in [3.05, 3.63) is 136 Å². The second kappa shape index (κ2) is 9.89. The molecule has 4 aromatic rings. The minimum absolute atomic E-state index is 0.0437. The number of aliphatic hydroxyl groups excluding tert-OH is 1. The first kappa shape index (κ1) is 23.1. The summed E-state index contributed by atoms with van der Waals surface area (Å²) in [5.74, 6) is 0. The molecule has 0 fully saturated rings. The molecule has 0 aromatic heterocycles. The lowest BCUT2D eigenvalue weighted by atomic mass is 9.91. The molecule has 3 heteroatoms. The van der Waals surface area contributed by atoms with E-state index >= 15 is 0 Å². The molecule has 2 unspecified atom stereocenters. The van der Waals surface area contributed by atoms with Gasteiger partial charge in [0.05, 0.1) is 6.61 Å². The standard InChI is InChI=1S/C32H33N2O/c1-23-18-24(2)30(25(3)19-23)34-22-33(20-28-16-10-11-17-29(28)21-35)31(26-12-6-4-7-13-26)32(34)27-14-8-5-9-15-27/h4-19,22,31-32,35H,20-21H2,1-3H3/q+1. The fourth-order valence-electron chi connectivity index (χ4n) is 5.63. The smallest absolute Gasteiger partial charge is 0.240 e. The molecule has 1 aliphatic heterocycles. The van der Waals surface area contributed by atoms with Gasteiger partial charge in [-0.25, -0.2) is 4.90 Å². The average Bonchev–Trinajstić information content (AvgIpc) is 3.23. The third-order valence-corrected chi connectivity index (χ3v) is 7.05. The van der Waals surface area contributed by atoms with Crippen molar-refractivity contribution in [3.63, 3.8) is 0 Å². The van der Waals surface area contributed by atoms with Crippen LogP contribution in [0.1, 0.15) is 51.0 Å². The van der Waals surface area contributed by atoms with Crippen molar-refractivity contribution in [1.29, 1.82) is 0 Å². The summed E-state index contributed by atoms with van der Waals surface area (Å²) in [5, 5.41) is 9.99. The lowest BCUT2D eigenvalue weighted by molar-refractivity contribution is -0.578. The van der Waals surface area contributed by atoms with Crippen LogP contribution in [0.15, 0.2) is 97.1 Å². The summed E-state index contributed by atoms with van der Waals surface area (Å²) in [6.07, 6.45) is 2.30. The number of rotatable bonds is 6. The Kier molecular flexibility index (Phi) is 6.52. The summed E-state index contributed by atoms with van der Waals surface area (Å²) in [7, 11) is 0. The van der Waals surface area contributed by atoms with Crippen LogP contribution < -0.4 is 4.90 Å². The number of nitrogens with zero attached hydrogens (tertiary/aromatic N) is 2. The molecule has 0 amide bonds. The highest BCUT2D eigenvalue weighted by Crippen LogP contribution is 2.44. The van der Waals surface area contributed by atoms with Crippen LogP contribution in [0.2, 0.25) is 0 Å². The molecular weight excluding hydrogens is 428 g/mol. The van der Waals surface area contributed by atoms with E-state index in [1.165, 1.54) is 33.5 Å². The van der Waals surface area contributed by atoms with Gasteiger partial charge in [0.25, 0.3) is 0 Å². The first-order valence-corrected chi connectivity index (χ1v) is 12.3. The van der Waals surface area contributed by atoms with Gasteiger partial charge in [-0.05, 0) is 43.0 Å². The van der Waals surface area contributed by atoms with Crippen molar-refractivity contribution in [1.82, 2.24) is 0 Å². The highest BCUT2D eigenvalue weighted by atomic mass is 16.3. The van der Waals surface area contributed by atoms with Gasteiger partial charge in [-0.15, -0.1) is 0 Å². The van der Waals surface area contributed by atoms with Gasteiger partial charge in [0.15, 0.2) is 12.1 Å². The van der Waals surface area contributed by atoms with Crippen molar-refractivity contribution >= 4 is 12.0 Å². The number of aryl methyl sites for hydroxylation is 3. The predicted molar refractivity (Wildman–Crippen MR) is 144 cm³/mol. The molecule has 0 radical (unpaired) electrons. The quantitative estimate of drug-likeness (QED) is 0.326. The van der Waals surface area contributed by atoms with E-state index < -0.39 is 0 Å². The minimum Gasteiger partial charge on any atom is -0.392 e. The molecule has 1 heterocycles. The van der Waals surface area contributed by atoms with Crippen LogP contribution in [-0.4, -0.2) is 16.0 Å². The van der Waals surface area contributed by atoms with Crippen molar-refractivity contribution < 1.29 is 9.68 Å². The van der Waals surface area contributed by atoms with E-state index in [2.05, 4.69) is 122 Å². The second-order valence-corrected chi connectivity index (χ2v) is 9.58. The van der Waals surface area contributed by atoms with Gasteiger partial charge in [0, 0.05) is 11.1 Å². The molecule has 176 valence electrons. The first-order chi connectivity index (χ1) is 17.1. The predicted octanol–water partition coefficient (Wildman–Crippen LogP) is 6.65. The average molecular weight is 462 g/mol. The Bertz CT molecular complexity index is 1320. The third kappa shape index (κ3) is 4.52. The Morgan fingerprint density at radius 2 is 1.26 bits per heavy atom. The van der Waals surface area contributed by atoms with Gasteiger partial charge in [-0.3, -0.25) is 4.58 Å². The largest absolute Gasteiger partial charge is 0.392 e. The van der Waals surface area contributed by atoms with Gasteiger partial charge in [-0.2, -0.15) is 0 Å². The molecule has 0 spiro atoms. The normalized spacial score (nSPS) is 17.5. The molecule has 0 bridgehead atoms. The van der Waals surface area contributed by atoms with Crippen molar-refractivity contribution in [2.75, 3.05) is 4.90 Å². The molecule has 2 atom stereocenters. The minimum atomic E-state index is 0.0437. The molecule has 3 nitrogen and oxygen atoms in total. The number of hydrogen-bond acceptors (Lipinski definition) is 2. The van der Waals surface area contributed by atoms with Crippen molar-refractivity contribution in [2.45, 2.75) is 46.0 Å². The number of anilines is 1. The van der Waals surface area contributed by atoms with Crippen LogP contribution >= 0.6 is 0 Å². The SMILES string of the molecule is Cc1cc(C)c(N2C=[N+](Cc3ccccc3CO)C(c3ccccc3)C2c2ccccc2)c(C)c1. The van der Waals surface area contributed by atoms with Crippen LogP contribution in [0.25, 0.3) is 0 Å². The molecule has 5 rings (SSSR count). The second-order valence-electron chi connectivity index (χ2n) is 9.58. The molecular formula is C32H33N2O+.